The van der Waals surface area contributed by atoms with Gasteiger partial charge in [-0.25, -0.2) is 14.3 Å². The molecule has 2 amide bonds. The number of carbonyl (C=O) groups is 2. The van der Waals surface area contributed by atoms with Gasteiger partial charge in [-0.15, -0.1) is 0 Å². The molecule has 0 saturated heterocycles. The van der Waals surface area contributed by atoms with Crippen molar-refractivity contribution >= 4 is 11.8 Å². The topological polar surface area (TPSA) is 98.7 Å². The summed E-state index contributed by atoms with van der Waals surface area (Å²) in [5, 5.41) is 20.5. The number of alkyl halides is 2. The van der Waals surface area contributed by atoms with E-state index in [0.717, 1.165) is 5.48 Å². The number of amides is 2. The Morgan fingerprint density at radius 1 is 1.07 bits per heavy atom. The predicted molar refractivity (Wildman–Crippen MR) is 98.4 cm³/mol. The second-order valence-corrected chi connectivity index (χ2v) is 7.24. The van der Waals surface area contributed by atoms with E-state index in [1.165, 1.54) is 24.3 Å². The minimum absolute atomic E-state index is 0.0483. The summed E-state index contributed by atoms with van der Waals surface area (Å²) in [6.07, 6.45) is -3.35. The number of hydrogen-bond acceptors (Lipinski definition) is 4. The molecule has 0 bridgehead atoms. The number of benzene rings is 1. The fourth-order valence-corrected chi connectivity index (χ4v) is 1.91. The van der Waals surface area contributed by atoms with E-state index in [0.29, 0.717) is 12.5 Å². The second-order valence-electron chi connectivity index (χ2n) is 7.24. The Kier molecular flexibility index (Phi) is 7.69. The average Bonchev–Trinajstić information content (AvgIpc) is 2.61. The minimum Gasteiger partial charge on any atom is -0.381 e. The number of halogens is 2. The summed E-state index contributed by atoms with van der Waals surface area (Å²) in [6, 6.07) is 3.72. The molecular weight excluding hydrogens is 370 g/mol. The maximum Gasteiger partial charge on any atom is 0.269 e. The Balaban J connectivity index is 2.96. The number of carbonyl (C=O) groups excluding carboxylic acids is 2. The van der Waals surface area contributed by atoms with E-state index in [-0.39, 0.29) is 11.0 Å². The van der Waals surface area contributed by atoms with Gasteiger partial charge in [0.2, 0.25) is 0 Å². The van der Waals surface area contributed by atoms with Crippen molar-refractivity contribution in [2.75, 3.05) is 0 Å². The maximum atomic E-state index is 13.0. The van der Waals surface area contributed by atoms with Crippen LogP contribution in [-0.4, -0.2) is 40.2 Å². The fourth-order valence-electron chi connectivity index (χ4n) is 1.91. The lowest BCUT2D eigenvalue weighted by atomic mass is 9.95. The second kappa shape index (κ2) is 9.32. The Hall–Kier alpha value is -2.94. The van der Waals surface area contributed by atoms with Crippen LogP contribution in [0.4, 0.5) is 8.78 Å². The van der Waals surface area contributed by atoms with Gasteiger partial charge in [-0.05, 0) is 63.8 Å². The molecule has 0 aliphatic heterocycles. The third kappa shape index (κ3) is 6.66. The number of hydrogen-bond donors (Lipinski definition) is 4. The van der Waals surface area contributed by atoms with Crippen LogP contribution < -0.4 is 10.8 Å². The standard InChI is InChI=1S/C20H22F2N2O4/c1-19(2,3)12-6-5-7-13-8-10-14(11-9-13)16(25)23-15(17(26)24-28)20(4,27)18(21)22/h8-11,15,18,27-28H,1-4H3,(H,23,25)(H,24,26). The van der Waals surface area contributed by atoms with Gasteiger partial charge in [0.1, 0.15) is 6.04 Å². The van der Waals surface area contributed by atoms with Crippen LogP contribution in [0.1, 0.15) is 43.6 Å². The highest BCUT2D eigenvalue weighted by Gasteiger charge is 2.46. The first-order valence-corrected chi connectivity index (χ1v) is 8.27. The van der Waals surface area contributed by atoms with Crippen molar-refractivity contribution in [1.29, 1.82) is 0 Å². The molecule has 4 N–H and O–H groups in total. The van der Waals surface area contributed by atoms with E-state index < -0.39 is 29.9 Å². The van der Waals surface area contributed by atoms with Crippen molar-refractivity contribution in [3.8, 4) is 23.7 Å². The summed E-state index contributed by atoms with van der Waals surface area (Å²) in [7, 11) is 0. The SMILES string of the molecule is CC(C)(C)C#CC#Cc1ccc(C(=O)NC(C(=O)NO)C(C)(O)C(F)F)cc1. The van der Waals surface area contributed by atoms with E-state index in [2.05, 4.69) is 23.7 Å². The Morgan fingerprint density at radius 2 is 1.64 bits per heavy atom. The molecule has 8 heteroatoms. The molecule has 0 radical (unpaired) electrons. The molecule has 2 unspecified atom stereocenters. The molecule has 1 rings (SSSR count). The monoisotopic (exact) mass is 392 g/mol. The van der Waals surface area contributed by atoms with E-state index in [1.807, 2.05) is 26.1 Å². The number of hydroxylamine groups is 1. The molecule has 0 aromatic heterocycles. The molecule has 0 fully saturated rings. The zero-order valence-corrected chi connectivity index (χ0v) is 15.9. The van der Waals surface area contributed by atoms with Gasteiger partial charge in [-0.2, -0.15) is 0 Å². The molecule has 1 aromatic rings. The molecule has 28 heavy (non-hydrogen) atoms. The van der Waals surface area contributed by atoms with E-state index in [4.69, 9.17) is 5.21 Å². The predicted octanol–water partition coefficient (Wildman–Crippen LogP) is 1.71. The highest BCUT2D eigenvalue weighted by molar-refractivity contribution is 5.97. The third-order valence-corrected chi connectivity index (χ3v) is 3.53. The van der Waals surface area contributed by atoms with Crippen LogP contribution in [0.5, 0.6) is 0 Å². The van der Waals surface area contributed by atoms with Gasteiger partial charge in [-0.1, -0.05) is 11.8 Å². The van der Waals surface area contributed by atoms with Crippen LogP contribution in [0.15, 0.2) is 24.3 Å². The summed E-state index contributed by atoms with van der Waals surface area (Å²) >= 11 is 0. The lowest BCUT2D eigenvalue weighted by Gasteiger charge is -2.30. The molecule has 2 atom stereocenters. The van der Waals surface area contributed by atoms with Gasteiger partial charge >= 0.3 is 0 Å². The zero-order chi connectivity index (χ0) is 21.5. The van der Waals surface area contributed by atoms with Crippen molar-refractivity contribution in [3.63, 3.8) is 0 Å². The van der Waals surface area contributed by atoms with Gasteiger partial charge in [0, 0.05) is 16.5 Å². The van der Waals surface area contributed by atoms with Crippen molar-refractivity contribution in [2.24, 2.45) is 5.41 Å². The highest BCUT2D eigenvalue weighted by atomic mass is 19.3. The summed E-state index contributed by atoms with van der Waals surface area (Å²) in [4.78, 5) is 23.8. The molecule has 1 aromatic carbocycles. The van der Waals surface area contributed by atoms with Gasteiger partial charge < -0.3 is 10.4 Å². The van der Waals surface area contributed by atoms with Gasteiger partial charge in [0.25, 0.3) is 18.2 Å². The van der Waals surface area contributed by atoms with Crippen LogP contribution in [0, 0.1) is 29.1 Å². The summed E-state index contributed by atoms with van der Waals surface area (Å²) in [5.41, 5.74) is -1.29. The highest BCUT2D eigenvalue weighted by Crippen LogP contribution is 2.20. The van der Waals surface area contributed by atoms with Crippen molar-refractivity contribution in [3.05, 3.63) is 35.4 Å². The number of nitrogens with one attached hydrogen (secondary N) is 2. The smallest absolute Gasteiger partial charge is 0.269 e. The van der Waals surface area contributed by atoms with Gasteiger partial charge in [0.05, 0.1) is 0 Å². The van der Waals surface area contributed by atoms with Crippen molar-refractivity contribution in [2.45, 2.75) is 45.8 Å². The van der Waals surface area contributed by atoms with Crippen LogP contribution in [0.2, 0.25) is 0 Å². The van der Waals surface area contributed by atoms with Crippen molar-refractivity contribution < 1.29 is 28.7 Å². The van der Waals surface area contributed by atoms with Gasteiger partial charge in [0.15, 0.2) is 5.60 Å². The largest absolute Gasteiger partial charge is 0.381 e. The normalized spacial score (nSPS) is 13.9. The molecule has 0 heterocycles. The summed E-state index contributed by atoms with van der Waals surface area (Å²) in [6.45, 7) is 6.52. The van der Waals surface area contributed by atoms with Crippen molar-refractivity contribution in [1.82, 2.24) is 10.8 Å². The third-order valence-electron chi connectivity index (χ3n) is 3.53. The fraction of sp³-hybridized carbons (Fsp3) is 0.400. The van der Waals surface area contributed by atoms with Gasteiger partial charge in [-0.3, -0.25) is 14.8 Å². The molecule has 150 valence electrons. The zero-order valence-electron chi connectivity index (χ0n) is 15.9. The molecule has 0 spiro atoms. The lowest BCUT2D eigenvalue weighted by Crippen LogP contribution is -2.61. The summed E-state index contributed by atoms with van der Waals surface area (Å²) in [5.74, 6) is 8.90. The van der Waals surface area contributed by atoms with E-state index in [9.17, 15) is 23.5 Å². The number of aliphatic hydroxyl groups is 1. The summed E-state index contributed by atoms with van der Waals surface area (Å²) < 4.78 is 26.0. The van der Waals surface area contributed by atoms with Crippen LogP contribution >= 0.6 is 0 Å². The Labute approximate surface area is 162 Å². The van der Waals surface area contributed by atoms with Crippen LogP contribution in [0.25, 0.3) is 0 Å². The molecule has 0 aliphatic carbocycles. The lowest BCUT2D eigenvalue weighted by molar-refractivity contribution is -0.149. The van der Waals surface area contributed by atoms with E-state index in [1.54, 1.807) is 0 Å². The Bertz CT molecular complexity index is 835. The first-order valence-electron chi connectivity index (χ1n) is 8.27. The van der Waals surface area contributed by atoms with Crippen LogP contribution in [-0.2, 0) is 4.79 Å². The molecule has 0 aliphatic rings. The minimum atomic E-state index is -3.35. The first kappa shape index (κ1) is 23.1. The maximum absolute atomic E-state index is 13.0. The van der Waals surface area contributed by atoms with Crippen LogP contribution in [0.3, 0.4) is 0 Å². The first-order chi connectivity index (χ1) is 12.9. The quantitative estimate of drug-likeness (QED) is 0.348. The van der Waals surface area contributed by atoms with E-state index >= 15 is 0 Å². The number of rotatable bonds is 5. The molecule has 0 saturated carbocycles. The average molecular weight is 392 g/mol. The Morgan fingerprint density at radius 3 is 2.11 bits per heavy atom. The molecule has 6 nitrogen and oxygen atoms in total. The molecular formula is C20H22F2N2O4.